The average molecular weight is 283 g/mol. The molecule has 0 unspecified atom stereocenters. The summed E-state index contributed by atoms with van der Waals surface area (Å²) in [6.45, 7) is 0. The number of aromatic nitrogens is 2. The van der Waals surface area contributed by atoms with Gasteiger partial charge in [0.2, 0.25) is 0 Å². The third-order valence-corrected chi connectivity index (χ3v) is 2.67. The number of carboxylic acids is 1. The van der Waals surface area contributed by atoms with Crippen LogP contribution in [0.4, 0.5) is 0 Å². The van der Waals surface area contributed by atoms with Crippen molar-refractivity contribution in [1.82, 2.24) is 10.2 Å². The second-order valence-electron chi connectivity index (χ2n) is 3.08. The molecule has 0 spiro atoms. The van der Waals surface area contributed by atoms with Crippen LogP contribution in [0.1, 0.15) is 10.4 Å². The minimum Gasteiger partial charge on any atom is -0.507 e. The van der Waals surface area contributed by atoms with Crippen LogP contribution in [0.5, 0.6) is 5.75 Å². The van der Waals surface area contributed by atoms with E-state index in [4.69, 9.17) is 5.11 Å². The molecule has 0 aliphatic heterocycles. The number of hydrogen-bond acceptors (Lipinski definition) is 3. The highest BCUT2D eigenvalue weighted by atomic mass is 79.9. The van der Waals surface area contributed by atoms with Crippen molar-refractivity contribution in [3.05, 3.63) is 34.4 Å². The number of phenols is 1. The number of benzene rings is 1. The maximum atomic E-state index is 11.0. The summed E-state index contributed by atoms with van der Waals surface area (Å²) in [6, 6.07) is 6.43. The van der Waals surface area contributed by atoms with E-state index in [1.807, 2.05) is 0 Å². The van der Waals surface area contributed by atoms with Crippen LogP contribution >= 0.6 is 15.9 Å². The number of nitrogens with zero attached hydrogens (tertiary/aromatic N) is 1. The molecule has 5 nitrogen and oxygen atoms in total. The molecule has 0 atom stereocenters. The van der Waals surface area contributed by atoms with E-state index in [9.17, 15) is 9.90 Å². The first-order valence-electron chi connectivity index (χ1n) is 4.36. The van der Waals surface area contributed by atoms with Crippen LogP contribution in [-0.2, 0) is 0 Å². The Morgan fingerprint density at radius 2 is 2.06 bits per heavy atom. The molecule has 2 rings (SSSR count). The van der Waals surface area contributed by atoms with E-state index in [1.165, 1.54) is 6.07 Å². The van der Waals surface area contributed by atoms with Crippen molar-refractivity contribution < 1.29 is 15.0 Å². The van der Waals surface area contributed by atoms with Crippen molar-refractivity contribution in [2.24, 2.45) is 0 Å². The molecule has 0 amide bonds. The van der Waals surface area contributed by atoms with Crippen molar-refractivity contribution in [1.29, 1.82) is 0 Å². The zero-order chi connectivity index (χ0) is 11.7. The van der Waals surface area contributed by atoms with Crippen LogP contribution in [0.25, 0.3) is 11.3 Å². The molecule has 0 saturated carbocycles. The Morgan fingerprint density at radius 3 is 2.69 bits per heavy atom. The van der Waals surface area contributed by atoms with Crippen molar-refractivity contribution in [2.45, 2.75) is 0 Å². The van der Waals surface area contributed by atoms with E-state index in [0.29, 0.717) is 5.56 Å². The van der Waals surface area contributed by atoms with E-state index in [0.717, 1.165) is 0 Å². The molecule has 2 aromatic rings. The van der Waals surface area contributed by atoms with Crippen LogP contribution in [0.15, 0.2) is 28.9 Å². The molecule has 0 saturated heterocycles. The highest BCUT2D eigenvalue weighted by Gasteiger charge is 2.21. The lowest BCUT2D eigenvalue weighted by atomic mass is 10.1. The molecule has 1 heterocycles. The summed E-state index contributed by atoms with van der Waals surface area (Å²) < 4.78 is 0.276. The molecule has 1 aromatic carbocycles. The monoisotopic (exact) mass is 282 g/mol. The predicted molar refractivity (Wildman–Crippen MR) is 60.3 cm³/mol. The van der Waals surface area contributed by atoms with Crippen LogP contribution < -0.4 is 0 Å². The quantitative estimate of drug-likeness (QED) is 0.789. The number of carbonyl (C=O) groups is 1. The second-order valence-corrected chi connectivity index (χ2v) is 3.88. The van der Waals surface area contributed by atoms with Crippen molar-refractivity contribution in [3.8, 4) is 17.0 Å². The Kier molecular flexibility index (Phi) is 2.66. The van der Waals surface area contributed by atoms with E-state index in [-0.39, 0.29) is 21.6 Å². The smallest absolute Gasteiger partial charge is 0.340 e. The van der Waals surface area contributed by atoms with E-state index < -0.39 is 5.97 Å². The number of carboxylic acid groups (broad SMARTS) is 1. The van der Waals surface area contributed by atoms with Gasteiger partial charge in [-0.05, 0) is 28.1 Å². The SMILES string of the molecule is O=C(O)c1c(-c2ccccc2O)n[nH]c1Br. The summed E-state index contributed by atoms with van der Waals surface area (Å²) in [7, 11) is 0. The molecule has 3 N–H and O–H groups in total. The van der Waals surface area contributed by atoms with Crippen LogP contribution in [0.3, 0.4) is 0 Å². The Balaban J connectivity index is 2.66. The van der Waals surface area contributed by atoms with Crippen molar-refractivity contribution >= 4 is 21.9 Å². The molecule has 82 valence electrons. The standard InChI is InChI=1S/C10H7BrN2O3/c11-9-7(10(15)16)8(12-13-9)5-3-1-2-4-6(5)14/h1-4,14H,(H,12,13)(H,15,16). The fraction of sp³-hybridized carbons (Fsp3) is 0. The van der Waals surface area contributed by atoms with Gasteiger partial charge in [-0.25, -0.2) is 4.79 Å². The second kappa shape index (κ2) is 3.97. The van der Waals surface area contributed by atoms with E-state index >= 15 is 0 Å². The summed E-state index contributed by atoms with van der Waals surface area (Å²) >= 11 is 3.06. The largest absolute Gasteiger partial charge is 0.507 e. The number of para-hydroxylation sites is 1. The van der Waals surface area contributed by atoms with Gasteiger partial charge in [0.25, 0.3) is 0 Å². The number of halogens is 1. The van der Waals surface area contributed by atoms with E-state index in [1.54, 1.807) is 18.2 Å². The summed E-state index contributed by atoms with van der Waals surface area (Å²) in [5, 5.41) is 25.0. The normalized spacial score (nSPS) is 10.3. The highest BCUT2D eigenvalue weighted by Crippen LogP contribution is 2.32. The average Bonchev–Trinajstić information content (AvgIpc) is 2.61. The number of phenolic OH excluding ortho intramolecular Hbond substituents is 1. The maximum absolute atomic E-state index is 11.0. The maximum Gasteiger partial charge on any atom is 0.340 e. The number of hydrogen-bond donors (Lipinski definition) is 3. The Bertz CT molecular complexity index is 551. The van der Waals surface area contributed by atoms with Gasteiger partial charge in [-0.2, -0.15) is 5.10 Å². The van der Waals surface area contributed by atoms with Gasteiger partial charge in [0, 0.05) is 5.56 Å². The molecular formula is C10H7BrN2O3. The van der Waals surface area contributed by atoms with Gasteiger partial charge in [0.1, 0.15) is 21.6 Å². The summed E-state index contributed by atoms with van der Waals surface area (Å²) in [4.78, 5) is 11.0. The molecule has 0 bridgehead atoms. The third kappa shape index (κ3) is 1.67. The van der Waals surface area contributed by atoms with Crippen LogP contribution in [0.2, 0.25) is 0 Å². The fourth-order valence-electron chi connectivity index (χ4n) is 1.38. The van der Waals surface area contributed by atoms with Gasteiger partial charge < -0.3 is 10.2 Å². The molecule has 0 fully saturated rings. The first-order chi connectivity index (χ1) is 7.61. The van der Waals surface area contributed by atoms with Gasteiger partial charge in [-0.3, -0.25) is 5.10 Å². The minimum atomic E-state index is -1.11. The number of nitrogens with one attached hydrogen (secondary N) is 1. The van der Waals surface area contributed by atoms with Gasteiger partial charge in [-0.1, -0.05) is 12.1 Å². The zero-order valence-electron chi connectivity index (χ0n) is 7.94. The van der Waals surface area contributed by atoms with E-state index in [2.05, 4.69) is 26.1 Å². The lowest BCUT2D eigenvalue weighted by molar-refractivity contribution is 0.0697. The molecule has 0 aliphatic carbocycles. The molecule has 16 heavy (non-hydrogen) atoms. The Morgan fingerprint density at radius 1 is 1.38 bits per heavy atom. The lowest BCUT2D eigenvalue weighted by Gasteiger charge is -2.01. The molecule has 6 heteroatoms. The molecule has 0 radical (unpaired) electrons. The first-order valence-corrected chi connectivity index (χ1v) is 5.16. The predicted octanol–water partition coefficient (Wildman–Crippen LogP) is 2.24. The van der Waals surface area contributed by atoms with Gasteiger partial charge in [0.05, 0.1) is 0 Å². The zero-order valence-corrected chi connectivity index (χ0v) is 9.52. The number of rotatable bonds is 2. The van der Waals surface area contributed by atoms with Gasteiger partial charge in [-0.15, -0.1) is 0 Å². The van der Waals surface area contributed by atoms with Gasteiger partial charge in [0.15, 0.2) is 0 Å². The van der Waals surface area contributed by atoms with Gasteiger partial charge >= 0.3 is 5.97 Å². The van der Waals surface area contributed by atoms with Crippen molar-refractivity contribution in [2.75, 3.05) is 0 Å². The Labute approximate surface area is 98.9 Å². The topological polar surface area (TPSA) is 86.2 Å². The minimum absolute atomic E-state index is 0.00139. The lowest BCUT2D eigenvalue weighted by Crippen LogP contribution is -1.98. The summed E-state index contributed by atoms with van der Waals surface area (Å²) in [5.41, 5.74) is 0.584. The number of aromatic amines is 1. The summed E-state index contributed by atoms with van der Waals surface area (Å²) in [5.74, 6) is -1.12. The number of aromatic carboxylic acids is 1. The van der Waals surface area contributed by atoms with Crippen LogP contribution in [-0.4, -0.2) is 26.4 Å². The molecular weight excluding hydrogens is 276 g/mol. The number of aromatic hydroxyl groups is 1. The highest BCUT2D eigenvalue weighted by molar-refractivity contribution is 9.10. The van der Waals surface area contributed by atoms with Crippen LogP contribution in [0, 0.1) is 0 Å². The first kappa shape index (κ1) is 10.7. The molecule has 0 aliphatic rings. The Hall–Kier alpha value is -1.82. The van der Waals surface area contributed by atoms with Crippen molar-refractivity contribution in [3.63, 3.8) is 0 Å². The third-order valence-electron chi connectivity index (χ3n) is 2.10. The molecule has 1 aromatic heterocycles. The fourth-order valence-corrected chi connectivity index (χ4v) is 1.83. The summed E-state index contributed by atoms with van der Waals surface area (Å²) in [6.07, 6.45) is 0. The number of H-pyrrole nitrogens is 1.